The molecule has 9 N–H and O–H groups in total. The summed E-state index contributed by atoms with van der Waals surface area (Å²) in [6.45, 7) is -0.404. The second-order valence-corrected chi connectivity index (χ2v) is 7.77. The van der Waals surface area contributed by atoms with Crippen LogP contribution in [-0.4, -0.2) is 92.8 Å². The van der Waals surface area contributed by atoms with E-state index < -0.39 is 48.5 Å². The van der Waals surface area contributed by atoms with Crippen LogP contribution in [0.5, 0.6) is 0 Å². The topological polar surface area (TPSA) is 232 Å². The van der Waals surface area contributed by atoms with Crippen LogP contribution in [0.3, 0.4) is 0 Å². The fourth-order valence-electron chi connectivity index (χ4n) is 2.41. The number of anilines is 1. The molecule has 0 fully saturated rings. The van der Waals surface area contributed by atoms with Gasteiger partial charge >= 0.3 is 11.9 Å². The number of thioether (sulfide) groups is 1. The number of hydrogen-bond acceptors (Lipinski definition) is 10. The molecule has 32 heavy (non-hydrogen) atoms. The number of aliphatic carboxylic acids is 2. The summed E-state index contributed by atoms with van der Waals surface area (Å²) in [6, 6.07) is -2.35. The Balaban J connectivity index is 2.76. The van der Waals surface area contributed by atoms with Crippen molar-refractivity contribution in [3.8, 4) is 0 Å². The minimum absolute atomic E-state index is 0.0146. The van der Waals surface area contributed by atoms with Gasteiger partial charge in [0.15, 0.2) is 0 Å². The summed E-state index contributed by atoms with van der Waals surface area (Å²) in [5.41, 5.74) is 11.2. The molecule has 14 nitrogen and oxygen atoms in total. The van der Waals surface area contributed by atoms with Crippen molar-refractivity contribution < 1.29 is 39.2 Å². The summed E-state index contributed by atoms with van der Waals surface area (Å²) in [6.07, 6.45) is 0.376. The van der Waals surface area contributed by atoms with Gasteiger partial charge in [-0.1, -0.05) is 0 Å². The summed E-state index contributed by atoms with van der Waals surface area (Å²) in [7, 11) is 1.45. The number of aliphatic hydroxyl groups is 1. The van der Waals surface area contributed by atoms with Crippen LogP contribution in [0.15, 0.2) is 11.2 Å². The van der Waals surface area contributed by atoms with E-state index in [-0.39, 0.29) is 37.7 Å². The van der Waals surface area contributed by atoms with Crippen LogP contribution in [-0.2, 0) is 30.5 Å². The Morgan fingerprint density at radius 1 is 1.31 bits per heavy atom. The van der Waals surface area contributed by atoms with Crippen LogP contribution in [0.1, 0.15) is 12.8 Å². The van der Waals surface area contributed by atoms with Gasteiger partial charge in [-0.15, -0.1) is 11.8 Å². The SMILES string of the molecule is COCC(O)Cn1cc(SC[C@H](NC(=O)CC[C@H](N)C(=O)O)C(=O)NCC(=O)O)nc1N. The van der Waals surface area contributed by atoms with E-state index in [0.29, 0.717) is 5.03 Å². The van der Waals surface area contributed by atoms with Gasteiger partial charge in [0.25, 0.3) is 0 Å². The number of imidazole rings is 1. The monoisotopic (exact) mass is 476 g/mol. The number of hydrogen-bond donors (Lipinski definition) is 7. The smallest absolute Gasteiger partial charge is 0.322 e. The average Bonchev–Trinajstić information content (AvgIpc) is 3.06. The molecule has 0 spiro atoms. The van der Waals surface area contributed by atoms with E-state index in [2.05, 4.69) is 15.6 Å². The first-order valence-electron chi connectivity index (χ1n) is 9.43. The summed E-state index contributed by atoms with van der Waals surface area (Å²) < 4.78 is 6.35. The number of nitrogens with zero attached hydrogens (tertiary/aromatic N) is 2. The Bertz CT molecular complexity index is 804. The van der Waals surface area contributed by atoms with Crippen molar-refractivity contribution in [1.82, 2.24) is 20.2 Å². The maximum absolute atomic E-state index is 12.3. The number of nitrogens with two attached hydrogens (primary N) is 2. The molecule has 0 aromatic carbocycles. The Kier molecular flexibility index (Phi) is 11.5. The number of amides is 2. The van der Waals surface area contributed by atoms with Crippen LogP contribution >= 0.6 is 11.8 Å². The Labute approximate surface area is 187 Å². The first-order chi connectivity index (χ1) is 15.0. The molecule has 1 unspecified atom stereocenters. The Morgan fingerprint density at radius 2 is 2.00 bits per heavy atom. The third-order valence-electron chi connectivity index (χ3n) is 4.01. The number of nitrogens with one attached hydrogen (secondary N) is 2. The Hall–Kier alpha value is -2.88. The first kappa shape index (κ1) is 27.2. The van der Waals surface area contributed by atoms with E-state index in [1.807, 2.05) is 0 Å². The van der Waals surface area contributed by atoms with Crippen molar-refractivity contribution in [3.63, 3.8) is 0 Å². The number of nitrogen functional groups attached to an aromatic ring is 1. The van der Waals surface area contributed by atoms with Crippen molar-refractivity contribution in [2.45, 2.75) is 42.6 Å². The van der Waals surface area contributed by atoms with Crippen LogP contribution in [0.25, 0.3) is 0 Å². The van der Waals surface area contributed by atoms with Gasteiger partial charge in [0, 0.05) is 25.5 Å². The van der Waals surface area contributed by atoms with E-state index in [1.165, 1.54) is 11.7 Å². The zero-order chi connectivity index (χ0) is 24.3. The molecule has 0 radical (unpaired) electrons. The summed E-state index contributed by atoms with van der Waals surface area (Å²) in [5, 5.41) is 32.4. The number of carboxylic acid groups (broad SMARTS) is 2. The maximum Gasteiger partial charge on any atom is 0.322 e. The lowest BCUT2D eigenvalue weighted by molar-refractivity contribution is -0.139. The quantitative estimate of drug-likeness (QED) is 0.130. The highest BCUT2D eigenvalue weighted by molar-refractivity contribution is 7.99. The first-order valence-corrected chi connectivity index (χ1v) is 10.4. The standard InChI is InChI=1S/C17H28N6O8S/c1-31-7-9(24)5-23-6-13(22-17(23)19)32-8-11(15(28)20-4-14(26)27)21-12(25)3-2-10(18)16(29)30/h6,9-11,24H,2-5,7-8,18H2,1H3,(H2,19,22)(H,20,28)(H,21,25)(H,26,27)(H,29,30)/t9?,10-,11-/m0/s1. The number of rotatable bonds is 15. The summed E-state index contributed by atoms with van der Waals surface area (Å²) in [4.78, 5) is 50.0. The molecule has 0 bridgehead atoms. The average molecular weight is 477 g/mol. The predicted molar refractivity (Wildman–Crippen MR) is 113 cm³/mol. The minimum atomic E-state index is -1.26. The van der Waals surface area contributed by atoms with Crippen LogP contribution in [0.4, 0.5) is 5.95 Å². The summed E-state index contributed by atoms with van der Waals surface area (Å²) >= 11 is 1.07. The molecule has 2 amide bonds. The highest BCUT2D eigenvalue weighted by Gasteiger charge is 2.23. The van der Waals surface area contributed by atoms with E-state index in [9.17, 15) is 24.3 Å². The number of carbonyl (C=O) groups is 4. The molecule has 1 aromatic heterocycles. The molecular formula is C17H28N6O8S. The van der Waals surface area contributed by atoms with Crippen LogP contribution in [0, 0.1) is 0 Å². The van der Waals surface area contributed by atoms with Gasteiger partial charge in [0.1, 0.15) is 23.7 Å². The van der Waals surface area contributed by atoms with Gasteiger partial charge in [-0.25, -0.2) is 4.98 Å². The fraction of sp³-hybridized carbons (Fsp3) is 0.588. The van der Waals surface area contributed by atoms with Crippen molar-refractivity contribution in [1.29, 1.82) is 0 Å². The van der Waals surface area contributed by atoms with Gasteiger partial charge in [-0.05, 0) is 6.42 Å². The molecule has 0 saturated carbocycles. The van der Waals surface area contributed by atoms with Gasteiger partial charge in [0.05, 0.1) is 19.3 Å². The fourth-order valence-corrected chi connectivity index (χ4v) is 3.34. The number of aromatic nitrogens is 2. The van der Waals surface area contributed by atoms with Gasteiger partial charge in [-0.2, -0.15) is 0 Å². The molecule has 0 aliphatic heterocycles. The van der Waals surface area contributed by atoms with E-state index in [4.69, 9.17) is 26.4 Å². The predicted octanol–water partition coefficient (Wildman–Crippen LogP) is -2.56. The highest BCUT2D eigenvalue weighted by Crippen LogP contribution is 2.20. The van der Waals surface area contributed by atoms with Gasteiger partial charge in [0.2, 0.25) is 17.8 Å². The van der Waals surface area contributed by atoms with Gasteiger partial charge < -0.3 is 46.7 Å². The molecule has 15 heteroatoms. The molecule has 1 rings (SSSR count). The third-order valence-corrected chi connectivity index (χ3v) is 5.01. The second-order valence-electron chi connectivity index (χ2n) is 6.72. The number of ether oxygens (including phenoxy) is 1. The molecule has 1 aromatic rings. The van der Waals surface area contributed by atoms with Gasteiger partial charge in [-0.3, -0.25) is 19.2 Å². The third kappa shape index (κ3) is 9.95. The second kappa shape index (κ2) is 13.5. The molecule has 0 saturated heterocycles. The number of carboxylic acids is 2. The van der Waals surface area contributed by atoms with E-state index >= 15 is 0 Å². The van der Waals surface area contributed by atoms with E-state index in [0.717, 1.165) is 11.8 Å². The molecule has 0 aliphatic rings. The maximum atomic E-state index is 12.3. The number of aliphatic hydroxyl groups excluding tert-OH is 1. The minimum Gasteiger partial charge on any atom is -0.480 e. The highest BCUT2D eigenvalue weighted by atomic mass is 32.2. The Morgan fingerprint density at radius 3 is 2.59 bits per heavy atom. The van der Waals surface area contributed by atoms with Crippen LogP contribution in [0.2, 0.25) is 0 Å². The number of methoxy groups -OCH3 is 1. The van der Waals surface area contributed by atoms with Crippen molar-refractivity contribution in [2.75, 3.05) is 31.7 Å². The van der Waals surface area contributed by atoms with Crippen molar-refractivity contribution in [3.05, 3.63) is 6.20 Å². The van der Waals surface area contributed by atoms with Crippen molar-refractivity contribution >= 4 is 41.5 Å². The van der Waals surface area contributed by atoms with E-state index in [1.54, 1.807) is 6.20 Å². The number of carbonyl (C=O) groups excluding carboxylic acids is 2. The molecule has 1 heterocycles. The zero-order valence-corrected chi connectivity index (χ0v) is 18.2. The zero-order valence-electron chi connectivity index (χ0n) is 17.4. The molecule has 0 aliphatic carbocycles. The summed E-state index contributed by atoms with van der Waals surface area (Å²) in [5.74, 6) is -3.76. The van der Waals surface area contributed by atoms with Crippen LogP contribution < -0.4 is 22.1 Å². The normalized spacial score (nSPS) is 13.7. The lowest BCUT2D eigenvalue weighted by Gasteiger charge is -2.17. The molecular weight excluding hydrogens is 448 g/mol. The van der Waals surface area contributed by atoms with Crippen molar-refractivity contribution in [2.24, 2.45) is 5.73 Å². The molecule has 180 valence electrons. The lowest BCUT2D eigenvalue weighted by atomic mass is 10.1. The lowest BCUT2D eigenvalue weighted by Crippen LogP contribution is -2.49. The largest absolute Gasteiger partial charge is 0.480 e. The molecule has 3 atom stereocenters.